The maximum Gasteiger partial charge on any atom is 0.289 e. The molecule has 0 aliphatic carbocycles. The summed E-state index contributed by atoms with van der Waals surface area (Å²) in [7, 11) is 0. The molecule has 4 rings (SSSR count). The molecule has 25 heavy (non-hydrogen) atoms. The van der Waals surface area contributed by atoms with E-state index < -0.39 is 0 Å². The van der Waals surface area contributed by atoms with Crippen molar-refractivity contribution in [1.29, 1.82) is 0 Å². The van der Waals surface area contributed by atoms with Gasteiger partial charge in [-0.2, -0.15) is 0 Å². The van der Waals surface area contributed by atoms with Crippen molar-refractivity contribution in [1.82, 2.24) is 14.7 Å². The summed E-state index contributed by atoms with van der Waals surface area (Å²) in [6, 6.07) is 7.65. The van der Waals surface area contributed by atoms with Crippen LogP contribution in [0.25, 0.3) is 11.0 Å². The van der Waals surface area contributed by atoms with Gasteiger partial charge in [-0.1, -0.05) is 15.9 Å². The summed E-state index contributed by atoms with van der Waals surface area (Å²) in [5.74, 6) is 0.449. The lowest BCUT2D eigenvalue weighted by atomic mass is 10.2. The molecule has 1 aromatic heterocycles. The first-order chi connectivity index (χ1) is 12.2. The van der Waals surface area contributed by atoms with E-state index in [0.29, 0.717) is 5.76 Å². The maximum absolute atomic E-state index is 12.7. The number of hydrogen-bond acceptors (Lipinski definition) is 4. The Morgan fingerprint density at radius 3 is 2.36 bits per heavy atom. The van der Waals surface area contributed by atoms with Crippen LogP contribution in [0.5, 0.6) is 0 Å². The molecule has 0 radical (unpaired) electrons. The molecule has 0 bridgehead atoms. The molecule has 5 nitrogen and oxygen atoms in total. The van der Waals surface area contributed by atoms with Crippen LogP contribution in [0.2, 0.25) is 0 Å². The summed E-state index contributed by atoms with van der Waals surface area (Å²) in [5.41, 5.74) is 0.760. The molecule has 0 atom stereocenters. The van der Waals surface area contributed by atoms with Crippen molar-refractivity contribution in [2.75, 3.05) is 52.4 Å². The van der Waals surface area contributed by atoms with E-state index in [1.807, 2.05) is 29.2 Å². The Kier molecular flexibility index (Phi) is 5.10. The molecular formula is C19H24BrN3O2. The van der Waals surface area contributed by atoms with Gasteiger partial charge < -0.3 is 14.2 Å². The van der Waals surface area contributed by atoms with Crippen LogP contribution >= 0.6 is 15.9 Å². The molecule has 1 amide bonds. The second-order valence-electron chi connectivity index (χ2n) is 6.98. The maximum atomic E-state index is 12.7. The normalized spacial score (nSPS) is 19.8. The average molecular weight is 406 g/mol. The van der Waals surface area contributed by atoms with Crippen LogP contribution in [0.3, 0.4) is 0 Å². The molecule has 2 aromatic rings. The van der Waals surface area contributed by atoms with Crippen molar-refractivity contribution in [3.63, 3.8) is 0 Å². The number of rotatable bonds is 4. The molecule has 0 saturated carbocycles. The highest BCUT2D eigenvalue weighted by atomic mass is 79.9. The van der Waals surface area contributed by atoms with Crippen molar-refractivity contribution in [2.24, 2.45) is 0 Å². The highest BCUT2D eigenvalue weighted by molar-refractivity contribution is 9.10. The first-order valence-electron chi connectivity index (χ1n) is 9.12. The number of halogens is 1. The molecule has 3 heterocycles. The quantitative estimate of drug-likeness (QED) is 0.783. The van der Waals surface area contributed by atoms with E-state index >= 15 is 0 Å². The number of hydrogen-bond donors (Lipinski definition) is 0. The number of carbonyl (C=O) groups excluding carboxylic acids is 1. The van der Waals surface area contributed by atoms with Gasteiger partial charge in [0.2, 0.25) is 0 Å². The van der Waals surface area contributed by atoms with E-state index in [1.165, 1.54) is 25.9 Å². The van der Waals surface area contributed by atoms with E-state index in [-0.39, 0.29) is 5.91 Å². The van der Waals surface area contributed by atoms with Crippen molar-refractivity contribution < 1.29 is 9.21 Å². The Hall–Kier alpha value is -1.37. The number of furan rings is 1. The molecular weight excluding hydrogens is 382 g/mol. The van der Waals surface area contributed by atoms with Gasteiger partial charge in [0.25, 0.3) is 5.91 Å². The number of piperazine rings is 1. The topological polar surface area (TPSA) is 39.9 Å². The van der Waals surface area contributed by atoms with Crippen LogP contribution in [-0.2, 0) is 0 Å². The number of carbonyl (C=O) groups is 1. The Morgan fingerprint density at radius 1 is 0.960 bits per heavy atom. The number of benzene rings is 1. The van der Waals surface area contributed by atoms with Crippen molar-refractivity contribution in [3.8, 4) is 0 Å². The number of nitrogens with zero attached hydrogens (tertiary/aromatic N) is 3. The van der Waals surface area contributed by atoms with Crippen molar-refractivity contribution >= 4 is 32.8 Å². The fourth-order valence-corrected chi connectivity index (χ4v) is 4.12. The Morgan fingerprint density at radius 2 is 1.64 bits per heavy atom. The third-order valence-corrected chi connectivity index (χ3v) is 5.77. The monoisotopic (exact) mass is 405 g/mol. The highest BCUT2D eigenvalue weighted by Gasteiger charge is 2.25. The van der Waals surface area contributed by atoms with Gasteiger partial charge in [0, 0.05) is 49.1 Å². The molecule has 0 spiro atoms. The fourth-order valence-electron chi connectivity index (χ4n) is 3.74. The fraction of sp³-hybridized carbons (Fsp3) is 0.526. The van der Waals surface area contributed by atoms with Gasteiger partial charge in [-0.25, -0.2) is 0 Å². The van der Waals surface area contributed by atoms with E-state index in [0.717, 1.165) is 54.7 Å². The van der Waals surface area contributed by atoms with Gasteiger partial charge in [-0.3, -0.25) is 9.69 Å². The molecule has 2 aliphatic rings. The first-order valence-corrected chi connectivity index (χ1v) is 9.91. The minimum absolute atomic E-state index is 0.00603. The second kappa shape index (κ2) is 7.48. The van der Waals surface area contributed by atoms with Crippen LogP contribution < -0.4 is 0 Å². The summed E-state index contributed by atoms with van der Waals surface area (Å²) < 4.78 is 6.74. The lowest BCUT2D eigenvalue weighted by Crippen LogP contribution is -2.50. The van der Waals surface area contributed by atoms with Gasteiger partial charge in [-0.15, -0.1) is 0 Å². The molecule has 134 valence electrons. The van der Waals surface area contributed by atoms with Crippen LogP contribution in [0.1, 0.15) is 23.4 Å². The summed E-state index contributed by atoms with van der Waals surface area (Å²) in [6.07, 6.45) is 2.69. The molecule has 0 N–H and O–H groups in total. The second-order valence-corrected chi connectivity index (χ2v) is 7.89. The van der Waals surface area contributed by atoms with Crippen LogP contribution in [-0.4, -0.2) is 73.0 Å². The molecule has 2 saturated heterocycles. The first kappa shape index (κ1) is 17.1. The smallest absolute Gasteiger partial charge is 0.289 e. The van der Waals surface area contributed by atoms with Gasteiger partial charge in [0.1, 0.15) is 5.58 Å². The standard InChI is InChI=1S/C19H24BrN3O2/c20-16-3-4-17-15(13-16)14-18(25-17)19(24)23-11-9-22(10-12-23)8-7-21-5-1-2-6-21/h3-4,13-14H,1-2,5-12H2. The zero-order valence-corrected chi connectivity index (χ0v) is 16.0. The largest absolute Gasteiger partial charge is 0.451 e. The molecule has 2 aliphatic heterocycles. The summed E-state index contributed by atoms with van der Waals surface area (Å²) in [4.78, 5) is 19.7. The zero-order chi connectivity index (χ0) is 17.2. The van der Waals surface area contributed by atoms with Crippen LogP contribution in [0.4, 0.5) is 0 Å². The summed E-state index contributed by atoms with van der Waals surface area (Å²) in [6.45, 7) is 8.23. The number of likely N-dealkylation sites (tertiary alicyclic amines) is 1. The van der Waals surface area contributed by atoms with E-state index in [2.05, 4.69) is 25.7 Å². The third-order valence-electron chi connectivity index (χ3n) is 5.28. The molecule has 6 heteroatoms. The predicted molar refractivity (Wildman–Crippen MR) is 102 cm³/mol. The molecule has 1 aromatic carbocycles. The van der Waals surface area contributed by atoms with Gasteiger partial charge in [0.05, 0.1) is 0 Å². The lowest BCUT2D eigenvalue weighted by Gasteiger charge is -2.35. The van der Waals surface area contributed by atoms with E-state index in [9.17, 15) is 4.79 Å². The Bertz CT molecular complexity index is 746. The molecule has 2 fully saturated rings. The predicted octanol–water partition coefficient (Wildman–Crippen LogP) is 3.05. The van der Waals surface area contributed by atoms with Crippen LogP contribution in [0, 0.1) is 0 Å². The minimum Gasteiger partial charge on any atom is -0.451 e. The van der Waals surface area contributed by atoms with Gasteiger partial charge in [0.15, 0.2) is 5.76 Å². The Balaban J connectivity index is 1.32. The highest BCUT2D eigenvalue weighted by Crippen LogP contribution is 2.24. The Labute approximate surface area is 156 Å². The van der Waals surface area contributed by atoms with Gasteiger partial charge in [-0.05, 0) is 50.2 Å². The number of amides is 1. The third kappa shape index (κ3) is 3.91. The van der Waals surface area contributed by atoms with Gasteiger partial charge >= 0.3 is 0 Å². The minimum atomic E-state index is 0.00603. The van der Waals surface area contributed by atoms with E-state index in [4.69, 9.17) is 4.42 Å². The number of fused-ring (bicyclic) bond motifs is 1. The zero-order valence-electron chi connectivity index (χ0n) is 14.4. The summed E-state index contributed by atoms with van der Waals surface area (Å²) >= 11 is 3.45. The average Bonchev–Trinajstić information content (AvgIpc) is 3.29. The molecule has 0 unspecified atom stereocenters. The van der Waals surface area contributed by atoms with Crippen molar-refractivity contribution in [2.45, 2.75) is 12.8 Å². The summed E-state index contributed by atoms with van der Waals surface area (Å²) in [5, 5.41) is 0.960. The van der Waals surface area contributed by atoms with Crippen LogP contribution in [0.15, 0.2) is 33.2 Å². The SMILES string of the molecule is O=C(c1cc2cc(Br)ccc2o1)N1CCN(CCN2CCCC2)CC1. The van der Waals surface area contributed by atoms with Crippen molar-refractivity contribution in [3.05, 3.63) is 34.5 Å². The van der Waals surface area contributed by atoms with E-state index in [1.54, 1.807) is 0 Å². The lowest BCUT2D eigenvalue weighted by molar-refractivity contribution is 0.0598.